The third-order valence-electron chi connectivity index (χ3n) is 5.85. The van der Waals surface area contributed by atoms with Crippen molar-refractivity contribution < 1.29 is 24.3 Å². The predicted molar refractivity (Wildman–Crippen MR) is 116 cm³/mol. The number of aliphatic carboxylic acids is 1. The van der Waals surface area contributed by atoms with E-state index in [0.29, 0.717) is 30.8 Å². The predicted octanol–water partition coefficient (Wildman–Crippen LogP) is 2.28. The number of hydrogen-bond acceptors (Lipinski definition) is 4. The molecule has 0 unspecified atom stereocenters. The van der Waals surface area contributed by atoms with Gasteiger partial charge in [-0.25, -0.2) is 9.59 Å². The third-order valence-corrected chi connectivity index (χ3v) is 5.85. The molecule has 2 heterocycles. The Kier molecular flexibility index (Phi) is 6.52. The van der Waals surface area contributed by atoms with Gasteiger partial charge in [-0.3, -0.25) is 14.5 Å². The van der Waals surface area contributed by atoms with E-state index in [-0.39, 0.29) is 17.7 Å². The highest BCUT2D eigenvalue weighted by Gasteiger charge is 2.42. The van der Waals surface area contributed by atoms with Gasteiger partial charge in [0, 0.05) is 6.54 Å². The number of nitrogens with zero attached hydrogens (tertiary/aromatic N) is 2. The molecular formula is C22H30N4O5. The number of amides is 4. The molecular weight excluding hydrogens is 400 g/mol. The van der Waals surface area contributed by atoms with Crippen molar-refractivity contribution in [1.82, 2.24) is 10.2 Å². The lowest BCUT2D eigenvalue weighted by Gasteiger charge is -2.39. The first kappa shape index (κ1) is 22.6. The molecule has 4 amide bonds. The van der Waals surface area contributed by atoms with Gasteiger partial charge in [-0.1, -0.05) is 39.8 Å². The molecule has 9 nitrogen and oxygen atoms in total. The second-order valence-corrected chi connectivity index (χ2v) is 8.76. The van der Waals surface area contributed by atoms with Crippen LogP contribution in [0, 0.1) is 11.8 Å². The number of para-hydroxylation sites is 2. The largest absolute Gasteiger partial charge is 0.480 e. The zero-order valence-corrected chi connectivity index (χ0v) is 18.3. The Balaban J connectivity index is 1.90. The lowest BCUT2D eigenvalue weighted by Crippen LogP contribution is -2.61. The Morgan fingerprint density at radius 2 is 1.84 bits per heavy atom. The van der Waals surface area contributed by atoms with Gasteiger partial charge in [0.05, 0.1) is 11.4 Å². The van der Waals surface area contributed by atoms with Gasteiger partial charge in [-0.2, -0.15) is 0 Å². The van der Waals surface area contributed by atoms with Gasteiger partial charge in [0.2, 0.25) is 11.8 Å². The Morgan fingerprint density at radius 3 is 2.45 bits per heavy atom. The summed E-state index contributed by atoms with van der Waals surface area (Å²) < 4.78 is 0. The number of carbonyl (C=O) groups excluding carboxylic acids is 3. The van der Waals surface area contributed by atoms with Gasteiger partial charge in [0.25, 0.3) is 0 Å². The first-order valence-electron chi connectivity index (χ1n) is 10.7. The number of rotatable bonds is 5. The van der Waals surface area contributed by atoms with E-state index in [1.165, 1.54) is 9.80 Å². The quantitative estimate of drug-likeness (QED) is 0.662. The third kappa shape index (κ3) is 4.35. The van der Waals surface area contributed by atoms with Crippen molar-refractivity contribution in [2.45, 2.75) is 58.7 Å². The SMILES string of the molecule is CC(C)[C@H](NC(=O)N1c2ccccc2NC(=O)[C@H]1C(C)C)C(=O)N1CCC[C@@H]1C(=O)O. The van der Waals surface area contributed by atoms with Gasteiger partial charge in [-0.05, 0) is 36.8 Å². The molecule has 2 aliphatic rings. The van der Waals surface area contributed by atoms with Gasteiger partial charge in [0.15, 0.2) is 0 Å². The summed E-state index contributed by atoms with van der Waals surface area (Å²) in [5, 5.41) is 15.1. The van der Waals surface area contributed by atoms with Crippen LogP contribution in [-0.2, 0) is 14.4 Å². The minimum absolute atomic E-state index is 0.165. The molecule has 0 radical (unpaired) electrons. The standard InChI is InChI=1S/C22H30N4O5/c1-12(2)17(20(28)25-11-7-10-16(25)21(29)30)24-22(31)26-15-9-6-5-8-14(15)23-19(27)18(26)13(3)4/h5-6,8-9,12-13,16-18H,7,10-11H2,1-4H3,(H,23,27)(H,24,31)(H,29,30)/t16-,17+,18-/m1/s1. The highest BCUT2D eigenvalue weighted by atomic mass is 16.4. The molecule has 0 spiro atoms. The molecule has 168 valence electrons. The summed E-state index contributed by atoms with van der Waals surface area (Å²) in [6.45, 7) is 7.64. The number of carbonyl (C=O) groups is 4. The maximum atomic E-state index is 13.4. The fraction of sp³-hybridized carbons (Fsp3) is 0.545. The van der Waals surface area contributed by atoms with Crippen LogP contribution < -0.4 is 15.5 Å². The summed E-state index contributed by atoms with van der Waals surface area (Å²) in [6, 6.07) is 3.93. The van der Waals surface area contributed by atoms with E-state index in [4.69, 9.17) is 0 Å². The number of benzene rings is 1. The molecule has 9 heteroatoms. The van der Waals surface area contributed by atoms with Gasteiger partial charge in [-0.15, -0.1) is 0 Å². The highest BCUT2D eigenvalue weighted by Crippen LogP contribution is 2.34. The minimum Gasteiger partial charge on any atom is -0.480 e. The number of hydrogen-bond donors (Lipinski definition) is 3. The van der Waals surface area contributed by atoms with E-state index in [1.807, 2.05) is 13.8 Å². The smallest absolute Gasteiger partial charge is 0.326 e. The highest BCUT2D eigenvalue weighted by molar-refractivity contribution is 6.12. The fourth-order valence-electron chi connectivity index (χ4n) is 4.28. The fourth-order valence-corrected chi connectivity index (χ4v) is 4.28. The summed E-state index contributed by atoms with van der Waals surface area (Å²) in [5.74, 6) is -2.17. The molecule has 3 atom stereocenters. The summed E-state index contributed by atoms with van der Waals surface area (Å²) >= 11 is 0. The van der Waals surface area contributed by atoms with Crippen molar-refractivity contribution in [1.29, 1.82) is 0 Å². The monoisotopic (exact) mass is 430 g/mol. The van der Waals surface area contributed by atoms with Crippen LogP contribution in [0.2, 0.25) is 0 Å². The molecule has 1 saturated heterocycles. The summed E-state index contributed by atoms with van der Waals surface area (Å²) in [6.07, 6.45) is 1.01. The molecule has 0 bridgehead atoms. The Bertz CT molecular complexity index is 884. The number of carboxylic acid groups (broad SMARTS) is 1. The van der Waals surface area contributed by atoms with Crippen molar-refractivity contribution in [2.75, 3.05) is 16.8 Å². The van der Waals surface area contributed by atoms with Crippen LogP contribution >= 0.6 is 0 Å². The summed E-state index contributed by atoms with van der Waals surface area (Å²) in [5.41, 5.74) is 1.08. The molecule has 2 aliphatic heterocycles. The van der Waals surface area contributed by atoms with Crippen molar-refractivity contribution in [3.63, 3.8) is 0 Å². The molecule has 3 N–H and O–H groups in total. The summed E-state index contributed by atoms with van der Waals surface area (Å²) in [4.78, 5) is 53.6. The maximum Gasteiger partial charge on any atom is 0.326 e. The molecule has 3 rings (SSSR count). The normalized spacial score (nSPS) is 21.7. The maximum absolute atomic E-state index is 13.4. The van der Waals surface area contributed by atoms with Crippen molar-refractivity contribution in [2.24, 2.45) is 11.8 Å². The first-order valence-corrected chi connectivity index (χ1v) is 10.7. The lowest BCUT2D eigenvalue weighted by molar-refractivity contribution is -0.149. The van der Waals surface area contributed by atoms with Crippen LogP contribution in [0.5, 0.6) is 0 Å². The topological polar surface area (TPSA) is 119 Å². The van der Waals surface area contributed by atoms with Crippen molar-refractivity contribution >= 4 is 35.2 Å². The number of nitrogens with one attached hydrogen (secondary N) is 2. The van der Waals surface area contributed by atoms with Crippen molar-refractivity contribution in [3.05, 3.63) is 24.3 Å². The van der Waals surface area contributed by atoms with E-state index >= 15 is 0 Å². The number of carboxylic acids is 1. The van der Waals surface area contributed by atoms with Crippen molar-refractivity contribution in [3.8, 4) is 0 Å². The number of anilines is 2. The first-order chi connectivity index (χ1) is 14.6. The van der Waals surface area contributed by atoms with E-state index in [9.17, 15) is 24.3 Å². The van der Waals surface area contributed by atoms with E-state index in [2.05, 4.69) is 10.6 Å². The average Bonchev–Trinajstić information content (AvgIpc) is 3.20. The average molecular weight is 431 g/mol. The zero-order valence-electron chi connectivity index (χ0n) is 18.3. The Hall–Kier alpha value is -3.10. The molecule has 1 fully saturated rings. The molecule has 0 aromatic heterocycles. The van der Waals surface area contributed by atoms with Crippen LogP contribution in [0.4, 0.5) is 16.2 Å². The van der Waals surface area contributed by atoms with Crippen LogP contribution in [0.15, 0.2) is 24.3 Å². The number of fused-ring (bicyclic) bond motifs is 1. The van der Waals surface area contributed by atoms with Gasteiger partial charge < -0.3 is 20.6 Å². The minimum atomic E-state index is -1.04. The number of likely N-dealkylation sites (tertiary alicyclic amines) is 1. The van der Waals surface area contributed by atoms with E-state index < -0.39 is 36.0 Å². The van der Waals surface area contributed by atoms with Crippen LogP contribution in [0.25, 0.3) is 0 Å². The number of urea groups is 1. The lowest BCUT2D eigenvalue weighted by atomic mass is 9.97. The molecule has 0 aliphatic carbocycles. The van der Waals surface area contributed by atoms with E-state index in [0.717, 1.165) is 0 Å². The molecule has 1 aromatic carbocycles. The Morgan fingerprint density at radius 1 is 1.16 bits per heavy atom. The van der Waals surface area contributed by atoms with Crippen LogP contribution in [-0.4, -0.2) is 58.5 Å². The molecule has 0 saturated carbocycles. The summed E-state index contributed by atoms with van der Waals surface area (Å²) in [7, 11) is 0. The second-order valence-electron chi connectivity index (χ2n) is 8.76. The zero-order chi connectivity index (χ0) is 22.9. The van der Waals surface area contributed by atoms with E-state index in [1.54, 1.807) is 38.1 Å². The van der Waals surface area contributed by atoms with Gasteiger partial charge in [0.1, 0.15) is 18.1 Å². The molecule has 1 aromatic rings. The second kappa shape index (κ2) is 8.95. The van der Waals surface area contributed by atoms with Crippen LogP contribution in [0.3, 0.4) is 0 Å². The van der Waals surface area contributed by atoms with Gasteiger partial charge >= 0.3 is 12.0 Å². The molecule has 31 heavy (non-hydrogen) atoms. The Labute approximate surface area is 181 Å². The van der Waals surface area contributed by atoms with Crippen LogP contribution in [0.1, 0.15) is 40.5 Å².